The summed E-state index contributed by atoms with van der Waals surface area (Å²) in [4.78, 5) is 15.0. The zero-order valence-electron chi connectivity index (χ0n) is 32.0. The molecule has 3 aliphatic rings. The van der Waals surface area contributed by atoms with Crippen molar-refractivity contribution in [3.63, 3.8) is 0 Å². The van der Waals surface area contributed by atoms with Gasteiger partial charge in [0.15, 0.2) is 17.5 Å². The van der Waals surface area contributed by atoms with Gasteiger partial charge in [0.2, 0.25) is 0 Å². The molecule has 10 aromatic rings. The highest BCUT2D eigenvalue weighted by molar-refractivity contribution is 6.24. The van der Waals surface area contributed by atoms with Crippen molar-refractivity contribution >= 4 is 43.6 Å². The molecule has 4 unspecified atom stereocenters. The van der Waals surface area contributed by atoms with Gasteiger partial charge >= 0.3 is 0 Å². The van der Waals surface area contributed by atoms with Gasteiger partial charge < -0.3 is 9.13 Å². The van der Waals surface area contributed by atoms with Gasteiger partial charge in [-0.3, -0.25) is 0 Å². The molecule has 0 amide bonds. The van der Waals surface area contributed by atoms with Gasteiger partial charge in [0.05, 0.1) is 22.1 Å². The molecule has 58 heavy (non-hydrogen) atoms. The highest BCUT2D eigenvalue weighted by Gasteiger charge is 2.47. The van der Waals surface area contributed by atoms with Gasteiger partial charge in [-0.15, -0.1) is 0 Å². The maximum atomic E-state index is 5.03. The number of aromatic nitrogens is 5. The molecule has 5 heteroatoms. The molecule has 0 radical (unpaired) electrons. The van der Waals surface area contributed by atoms with E-state index in [0.717, 1.165) is 34.2 Å². The summed E-state index contributed by atoms with van der Waals surface area (Å²) in [5.74, 6) is 5.13. The van der Waals surface area contributed by atoms with Gasteiger partial charge in [-0.25, -0.2) is 15.0 Å². The van der Waals surface area contributed by atoms with Crippen LogP contribution in [0.15, 0.2) is 164 Å². The molecule has 3 aromatic heterocycles. The Kier molecular flexibility index (Phi) is 6.85. The van der Waals surface area contributed by atoms with Crippen molar-refractivity contribution in [2.45, 2.75) is 37.5 Å². The zero-order valence-corrected chi connectivity index (χ0v) is 32.0. The minimum Gasteiger partial charge on any atom is -0.307 e. The number of fused-ring (bicyclic) bond motifs is 12. The molecule has 0 aliphatic heterocycles. The van der Waals surface area contributed by atoms with Crippen LogP contribution in [-0.2, 0) is 0 Å². The first-order chi connectivity index (χ1) is 28.7. The van der Waals surface area contributed by atoms with E-state index in [0.29, 0.717) is 29.3 Å². The molecule has 2 fully saturated rings. The molecule has 5 nitrogen and oxygen atoms in total. The fourth-order valence-electron chi connectivity index (χ4n) is 11.3. The van der Waals surface area contributed by atoms with Crippen LogP contribution in [0.25, 0.3) is 89.2 Å². The lowest BCUT2D eigenvalue weighted by Crippen LogP contribution is -2.22. The molecular formula is C53H39N5. The van der Waals surface area contributed by atoms with Crippen molar-refractivity contribution in [2.24, 2.45) is 11.8 Å². The van der Waals surface area contributed by atoms with Crippen molar-refractivity contribution in [3.8, 4) is 45.5 Å². The molecule has 7 aromatic carbocycles. The van der Waals surface area contributed by atoms with Crippen molar-refractivity contribution in [2.75, 3.05) is 0 Å². The monoisotopic (exact) mass is 745 g/mol. The van der Waals surface area contributed by atoms with Crippen LogP contribution >= 0.6 is 0 Å². The average molecular weight is 746 g/mol. The van der Waals surface area contributed by atoms with Gasteiger partial charge in [-0.05, 0) is 115 Å². The normalized spacial score (nSPS) is 19.4. The first-order valence-electron chi connectivity index (χ1n) is 20.8. The number of rotatable bonds is 5. The fraction of sp³-hybridized carbons (Fsp3) is 0.151. The maximum Gasteiger partial charge on any atom is 0.164 e. The van der Waals surface area contributed by atoms with E-state index < -0.39 is 0 Å². The molecule has 0 N–H and O–H groups in total. The van der Waals surface area contributed by atoms with Crippen molar-refractivity contribution in [1.82, 2.24) is 24.1 Å². The third-order valence-electron chi connectivity index (χ3n) is 13.7. The minimum atomic E-state index is 0.652. The van der Waals surface area contributed by atoms with Crippen LogP contribution in [0.2, 0.25) is 0 Å². The predicted molar refractivity (Wildman–Crippen MR) is 236 cm³/mol. The molecule has 0 spiro atoms. The molecule has 13 rings (SSSR count). The third-order valence-corrected chi connectivity index (χ3v) is 13.7. The van der Waals surface area contributed by atoms with E-state index in [1.54, 1.807) is 11.1 Å². The second kappa shape index (κ2) is 12.3. The maximum absolute atomic E-state index is 5.03. The molecule has 276 valence electrons. The second-order valence-electron chi connectivity index (χ2n) is 16.8. The summed E-state index contributed by atoms with van der Waals surface area (Å²) in [6.07, 6.45) is 5.53. The van der Waals surface area contributed by atoms with E-state index in [1.165, 1.54) is 75.0 Å². The van der Waals surface area contributed by atoms with E-state index >= 15 is 0 Å². The SMILES string of the molecule is c1ccc(-c2nc(-c3ccccc3)nc(-c3ccc(-n4c5ccccc5c5ccc6c7cc8c(cc7n(-c7ccccc7)c6c54)C4CC5CC8CC4C5)cc3)n2)cc1. The van der Waals surface area contributed by atoms with E-state index in [-0.39, 0.29) is 0 Å². The summed E-state index contributed by atoms with van der Waals surface area (Å²) >= 11 is 0. The standard InChI is InChI=1S/C53H39N5/c1-4-12-33(13-5-1)51-54-52(34-14-6-2-7-15-34)56-53(55-51)35-20-22-39(23-21-35)57-47-19-11-10-18-40(47)41-24-25-42-46-30-44-37-27-32-26-36(29-37)43(28-32)45(44)31-48(46)58(50(42)49(41)57)38-16-8-3-9-17-38/h1-25,30-32,36-37,43H,26-29H2. The molecule has 2 saturated carbocycles. The Balaban J connectivity index is 1.05. The fourth-order valence-corrected chi connectivity index (χ4v) is 11.3. The lowest BCUT2D eigenvalue weighted by Gasteiger charge is -2.36. The summed E-state index contributed by atoms with van der Waals surface area (Å²) in [5, 5.41) is 5.19. The average Bonchev–Trinajstić information content (AvgIpc) is 3.89. The lowest BCUT2D eigenvalue weighted by molar-refractivity contribution is 0.297. The van der Waals surface area contributed by atoms with E-state index in [4.69, 9.17) is 15.0 Å². The van der Waals surface area contributed by atoms with E-state index in [2.05, 4.69) is 137 Å². The molecular weight excluding hydrogens is 707 g/mol. The summed E-state index contributed by atoms with van der Waals surface area (Å²) < 4.78 is 5.05. The highest BCUT2D eigenvalue weighted by atomic mass is 15.1. The summed E-state index contributed by atoms with van der Waals surface area (Å²) in [5.41, 5.74) is 13.4. The van der Waals surface area contributed by atoms with Crippen molar-refractivity contribution in [3.05, 3.63) is 175 Å². The van der Waals surface area contributed by atoms with Gasteiger partial charge in [0.25, 0.3) is 0 Å². The van der Waals surface area contributed by atoms with E-state index in [9.17, 15) is 0 Å². The Labute approximate surface area is 336 Å². The molecule has 0 saturated heterocycles. The van der Waals surface area contributed by atoms with Crippen LogP contribution < -0.4 is 0 Å². The molecule has 3 heterocycles. The van der Waals surface area contributed by atoms with Crippen LogP contribution in [0.3, 0.4) is 0 Å². The van der Waals surface area contributed by atoms with Gasteiger partial charge in [-0.1, -0.05) is 109 Å². The van der Waals surface area contributed by atoms with Crippen LogP contribution in [0.4, 0.5) is 0 Å². The summed E-state index contributed by atoms with van der Waals surface area (Å²) in [6, 6.07) is 59.0. The van der Waals surface area contributed by atoms with Gasteiger partial charge in [0.1, 0.15) is 0 Å². The van der Waals surface area contributed by atoms with Crippen molar-refractivity contribution < 1.29 is 0 Å². The first kappa shape index (κ1) is 32.3. The van der Waals surface area contributed by atoms with E-state index in [1.807, 2.05) is 36.4 Å². The lowest BCUT2D eigenvalue weighted by atomic mass is 9.69. The highest BCUT2D eigenvalue weighted by Crippen LogP contribution is 2.61. The van der Waals surface area contributed by atoms with Crippen molar-refractivity contribution in [1.29, 1.82) is 0 Å². The van der Waals surface area contributed by atoms with Gasteiger partial charge in [-0.2, -0.15) is 0 Å². The Hall–Kier alpha value is -6.85. The number of benzene rings is 7. The Morgan fingerprint density at radius 2 is 0.948 bits per heavy atom. The summed E-state index contributed by atoms with van der Waals surface area (Å²) in [7, 11) is 0. The first-order valence-corrected chi connectivity index (χ1v) is 20.8. The number of para-hydroxylation sites is 2. The Morgan fingerprint density at radius 3 is 1.62 bits per heavy atom. The summed E-state index contributed by atoms with van der Waals surface area (Å²) in [6.45, 7) is 0. The second-order valence-corrected chi connectivity index (χ2v) is 16.8. The predicted octanol–water partition coefficient (Wildman–Crippen LogP) is 13.1. The van der Waals surface area contributed by atoms with Gasteiger partial charge in [0, 0.05) is 49.6 Å². The molecule has 4 atom stereocenters. The third kappa shape index (κ3) is 4.73. The topological polar surface area (TPSA) is 48.5 Å². The number of hydrogen-bond acceptors (Lipinski definition) is 3. The Bertz CT molecular complexity index is 3180. The van der Waals surface area contributed by atoms with Crippen LogP contribution in [0.1, 0.15) is 48.6 Å². The number of nitrogens with zero attached hydrogens (tertiary/aromatic N) is 5. The largest absolute Gasteiger partial charge is 0.307 e. The smallest absolute Gasteiger partial charge is 0.164 e. The van der Waals surface area contributed by atoms with Crippen LogP contribution in [0, 0.1) is 11.8 Å². The molecule has 3 aliphatic carbocycles. The van der Waals surface area contributed by atoms with Crippen LogP contribution in [-0.4, -0.2) is 24.1 Å². The molecule has 3 bridgehead atoms. The quantitative estimate of drug-likeness (QED) is 0.176. The minimum absolute atomic E-state index is 0.652. The Morgan fingerprint density at radius 1 is 0.397 bits per heavy atom. The zero-order chi connectivity index (χ0) is 37.9. The van der Waals surface area contributed by atoms with Crippen LogP contribution in [0.5, 0.6) is 0 Å². The number of hydrogen-bond donors (Lipinski definition) is 0.